The summed E-state index contributed by atoms with van der Waals surface area (Å²) in [5.74, 6) is 1.76. The smallest absolute Gasteiger partial charge is 0.291 e. The van der Waals surface area contributed by atoms with E-state index in [-0.39, 0.29) is 25.0 Å². The van der Waals surface area contributed by atoms with Crippen LogP contribution in [0, 0.1) is 0 Å². The minimum Gasteiger partial charge on any atom is -0.486 e. The highest BCUT2D eigenvalue weighted by atomic mass is 35.5. The first-order chi connectivity index (χ1) is 16.1. The highest BCUT2D eigenvalue weighted by molar-refractivity contribution is 6.30. The quantitative estimate of drug-likeness (QED) is 0.313. The summed E-state index contributed by atoms with van der Waals surface area (Å²) in [6.07, 6.45) is 5.35. The Bertz CT molecular complexity index is 1200. The fourth-order valence-corrected chi connectivity index (χ4v) is 3.34. The Balaban J connectivity index is 1.27. The van der Waals surface area contributed by atoms with Gasteiger partial charge in [0.15, 0.2) is 12.5 Å². The van der Waals surface area contributed by atoms with E-state index in [0.717, 1.165) is 18.6 Å². The largest absolute Gasteiger partial charge is 0.486 e. The van der Waals surface area contributed by atoms with Crippen LogP contribution in [0.25, 0.3) is 0 Å². The molecule has 2 aromatic carbocycles. The number of aryl methyl sites for hydroxylation is 1. The first-order valence-corrected chi connectivity index (χ1v) is 11.0. The highest BCUT2D eigenvalue weighted by Gasteiger charge is 2.13. The van der Waals surface area contributed by atoms with Crippen molar-refractivity contribution in [3.05, 3.63) is 95.2 Å². The first kappa shape index (κ1) is 22.5. The lowest BCUT2D eigenvalue weighted by atomic mass is 10.1. The number of nitrogens with one attached hydrogen (secondary N) is 1. The molecule has 7 nitrogen and oxygen atoms in total. The molecule has 170 valence electrons. The van der Waals surface area contributed by atoms with E-state index in [1.165, 1.54) is 11.8 Å². The minimum absolute atomic E-state index is 0.178. The Morgan fingerprint density at radius 3 is 2.73 bits per heavy atom. The molecule has 33 heavy (non-hydrogen) atoms. The highest BCUT2D eigenvalue weighted by Crippen LogP contribution is 2.19. The van der Waals surface area contributed by atoms with Crippen molar-refractivity contribution in [2.75, 3.05) is 5.32 Å². The van der Waals surface area contributed by atoms with Gasteiger partial charge >= 0.3 is 0 Å². The molecule has 0 atom stereocenters. The monoisotopic (exact) mass is 465 g/mol. The molecular formula is C25H24ClN3O4. The second kappa shape index (κ2) is 10.7. The molecule has 0 saturated heterocycles. The lowest BCUT2D eigenvalue weighted by Crippen LogP contribution is -2.10. The van der Waals surface area contributed by atoms with Gasteiger partial charge in [0.1, 0.15) is 23.9 Å². The number of anilines is 1. The third kappa shape index (κ3) is 6.40. The predicted octanol–water partition coefficient (Wildman–Crippen LogP) is 5.95. The molecule has 1 amide bonds. The molecular weight excluding hydrogens is 442 g/mol. The molecule has 1 N–H and O–H groups in total. The van der Waals surface area contributed by atoms with Crippen LogP contribution < -0.4 is 14.8 Å². The SMILES string of the molecule is CCCc1ccc(OCc2ccc(C(=O)Nc3cnn(COc4cccc(Cl)c4)c3)o2)cc1. The van der Waals surface area contributed by atoms with Crippen LogP contribution in [0.1, 0.15) is 35.2 Å². The molecule has 8 heteroatoms. The van der Waals surface area contributed by atoms with E-state index < -0.39 is 0 Å². The van der Waals surface area contributed by atoms with E-state index in [1.807, 2.05) is 12.1 Å². The van der Waals surface area contributed by atoms with Crippen LogP contribution in [0.3, 0.4) is 0 Å². The molecule has 2 aromatic heterocycles. The second-order valence-electron chi connectivity index (χ2n) is 7.40. The molecule has 0 aliphatic heterocycles. The number of amides is 1. The summed E-state index contributed by atoms with van der Waals surface area (Å²) in [7, 11) is 0. The molecule has 4 aromatic rings. The summed E-state index contributed by atoms with van der Waals surface area (Å²) in [6, 6.07) is 18.4. The number of halogens is 1. The number of hydrogen-bond acceptors (Lipinski definition) is 5. The van der Waals surface area contributed by atoms with Gasteiger partial charge in [0.2, 0.25) is 0 Å². The van der Waals surface area contributed by atoms with Crippen LogP contribution in [-0.2, 0) is 19.8 Å². The zero-order valence-electron chi connectivity index (χ0n) is 18.2. The van der Waals surface area contributed by atoms with E-state index in [9.17, 15) is 4.79 Å². The van der Waals surface area contributed by atoms with Crippen molar-refractivity contribution in [3.63, 3.8) is 0 Å². The summed E-state index contributed by atoms with van der Waals surface area (Å²) >= 11 is 5.95. The van der Waals surface area contributed by atoms with Crippen LogP contribution in [0.5, 0.6) is 11.5 Å². The normalized spacial score (nSPS) is 10.7. The molecule has 2 heterocycles. The van der Waals surface area contributed by atoms with E-state index >= 15 is 0 Å². The zero-order chi connectivity index (χ0) is 23.0. The van der Waals surface area contributed by atoms with Crippen molar-refractivity contribution < 1.29 is 18.7 Å². The lowest BCUT2D eigenvalue weighted by Gasteiger charge is -2.06. The summed E-state index contributed by atoms with van der Waals surface area (Å²) < 4.78 is 18.6. The van der Waals surface area contributed by atoms with Crippen molar-refractivity contribution in [1.29, 1.82) is 0 Å². The fourth-order valence-electron chi connectivity index (χ4n) is 3.16. The van der Waals surface area contributed by atoms with Crippen molar-refractivity contribution in [3.8, 4) is 11.5 Å². The number of aromatic nitrogens is 2. The number of ether oxygens (including phenoxy) is 2. The number of hydrogen-bond donors (Lipinski definition) is 1. The van der Waals surface area contributed by atoms with Gasteiger partial charge in [0, 0.05) is 5.02 Å². The molecule has 0 aliphatic carbocycles. The van der Waals surface area contributed by atoms with Gasteiger partial charge in [-0.3, -0.25) is 4.79 Å². The number of carbonyl (C=O) groups excluding carboxylic acids is 1. The maximum atomic E-state index is 12.5. The standard InChI is InChI=1S/C25H24ClN3O4/c1-2-4-18-7-9-21(10-8-18)31-16-23-11-12-24(33-23)25(30)28-20-14-27-29(15-20)17-32-22-6-3-5-19(26)13-22/h3,5-15H,2,4,16-17H2,1H3,(H,28,30). The van der Waals surface area contributed by atoms with E-state index in [0.29, 0.717) is 22.2 Å². The van der Waals surface area contributed by atoms with E-state index in [1.54, 1.807) is 47.3 Å². The lowest BCUT2D eigenvalue weighted by molar-refractivity contribution is 0.0992. The van der Waals surface area contributed by atoms with Crippen molar-refractivity contribution in [2.45, 2.75) is 33.1 Å². The van der Waals surface area contributed by atoms with Gasteiger partial charge in [-0.1, -0.05) is 43.1 Å². The summed E-state index contributed by atoms with van der Waals surface area (Å²) in [4.78, 5) is 12.5. The summed E-state index contributed by atoms with van der Waals surface area (Å²) in [5, 5.41) is 7.53. The zero-order valence-corrected chi connectivity index (χ0v) is 18.9. The topological polar surface area (TPSA) is 78.5 Å². The number of nitrogens with zero attached hydrogens (tertiary/aromatic N) is 2. The number of benzene rings is 2. The van der Waals surface area contributed by atoms with Gasteiger partial charge in [-0.2, -0.15) is 5.10 Å². The van der Waals surface area contributed by atoms with Crippen LogP contribution in [-0.4, -0.2) is 15.7 Å². The third-order valence-corrected chi connectivity index (χ3v) is 5.01. The minimum atomic E-state index is -0.375. The maximum Gasteiger partial charge on any atom is 0.291 e. The molecule has 0 fully saturated rings. The van der Waals surface area contributed by atoms with Gasteiger partial charge in [0.25, 0.3) is 5.91 Å². The van der Waals surface area contributed by atoms with Gasteiger partial charge < -0.3 is 19.2 Å². The Morgan fingerprint density at radius 2 is 1.94 bits per heavy atom. The predicted molar refractivity (Wildman–Crippen MR) is 126 cm³/mol. The van der Waals surface area contributed by atoms with E-state index in [4.69, 9.17) is 25.5 Å². The molecule has 0 saturated carbocycles. The van der Waals surface area contributed by atoms with Gasteiger partial charge in [-0.05, 0) is 54.4 Å². The van der Waals surface area contributed by atoms with Crippen LogP contribution in [0.2, 0.25) is 5.02 Å². The summed E-state index contributed by atoms with van der Waals surface area (Å²) in [5.41, 5.74) is 1.80. The third-order valence-electron chi connectivity index (χ3n) is 4.78. The number of rotatable bonds is 10. The maximum absolute atomic E-state index is 12.5. The van der Waals surface area contributed by atoms with Crippen molar-refractivity contribution >= 4 is 23.2 Å². The second-order valence-corrected chi connectivity index (χ2v) is 7.84. The van der Waals surface area contributed by atoms with Gasteiger partial charge in [0.05, 0.1) is 18.1 Å². The van der Waals surface area contributed by atoms with Crippen LogP contribution >= 0.6 is 11.6 Å². The molecule has 0 unspecified atom stereocenters. The molecule has 0 bridgehead atoms. The van der Waals surface area contributed by atoms with E-state index in [2.05, 4.69) is 29.5 Å². The molecule has 0 aliphatic rings. The van der Waals surface area contributed by atoms with Crippen LogP contribution in [0.4, 0.5) is 5.69 Å². The fraction of sp³-hybridized carbons (Fsp3) is 0.200. The molecule has 4 rings (SSSR count). The molecule has 0 radical (unpaired) electrons. The first-order valence-electron chi connectivity index (χ1n) is 10.6. The summed E-state index contributed by atoms with van der Waals surface area (Å²) in [6.45, 7) is 2.56. The number of furan rings is 1. The Morgan fingerprint density at radius 1 is 1.09 bits per heavy atom. The average Bonchev–Trinajstić information content (AvgIpc) is 3.47. The van der Waals surface area contributed by atoms with Crippen LogP contribution in [0.15, 0.2) is 77.5 Å². The Labute approximate surface area is 196 Å². The van der Waals surface area contributed by atoms with Crippen molar-refractivity contribution in [2.24, 2.45) is 0 Å². The van der Waals surface area contributed by atoms with Gasteiger partial charge in [-0.15, -0.1) is 0 Å². The van der Waals surface area contributed by atoms with Crippen molar-refractivity contribution in [1.82, 2.24) is 9.78 Å². The Hall–Kier alpha value is -3.71. The van der Waals surface area contributed by atoms with Gasteiger partial charge in [-0.25, -0.2) is 4.68 Å². The molecule has 0 spiro atoms. The number of carbonyl (C=O) groups is 1. The Kier molecular flexibility index (Phi) is 7.32. The average molecular weight is 466 g/mol.